The zero-order chi connectivity index (χ0) is 28.4. The van der Waals surface area contributed by atoms with Gasteiger partial charge in [-0.05, 0) is 49.2 Å². The van der Waals surface area contributed by atoms with Crippen LogP contribution in [0.25, 0.3) is 20.4 Å². The van der Waals surface area contributed by atoms with Crippen LogP contribution in [0.15, 0.2) is 36.4 Å². The summed E-state index contributed by atoms with van der Waals surface area (Å²) in [4.78, 5) is 30.6. The second kappa shape index (κ2) is 15.3. The zero-order valence-electron chi connectivity index (χ0n) is 22.5. The average Bonchev–Trinajstić information content (AvgIpc) is 3.36. The Morgan fingerprint density at radius 3 is 1.49 bits per heavy atom. The van der Waals surface area contributed by atoms with Gasteiger partial charge in [0.05, 0.1) is 38.9 Å². The number of aromatic nitrogens is 2. The number of aliphatic carboxylic acids is 1. The third-order valence-corrected chi connectivity index (χ3v) is 8.60. The van der Waals surface area contributed by atoms with Crippen molar-refractivity contribution in [2.75, 3.05) is 22.0 Å². The predicted octanol–water partition coefficient (Wildman–Crippen LogP) is 1.68. The fourth-order valence-corrected chi connectivity index (χ4v) is 6.70. The van der Waals surface area contributed by atoms with Crippen molar-refractivity contribution in [1.82, 2.24) is 9.97 Å². The molecule has 0 bridgehead atoms. The topological polar surface area (TPSA) is 202 Å². The molecule has 2 heterocycles. The Bertz CT molecular complexity index is 1610. The first-order valence-corrected chi connectivity index (χ1v) is 16.4. The quantitative estimate of drug-likeness (QED) is 0.235. The van der Waals surface area contributed by atoms with Crippen LogP contribution in [-0.4, -0.2) is 61.7 Å². The molecule has 220 valence electrons. The number of nitrogens with one attached hydrogen (secondary N) is 2. The van der Waals surface area contributed by atoms with Crippen LogP contribution in [0.3, 0.4) is 0 Å². The molecule has 0 aliphatic carbocycles. The summed E-state index contributed by atoms with van der Waals surface area (Å²) in [6.45, 7) is 5.00. The number of hydrogen-bond donors (Lipinski definition) is 3. The number of benzene rings is 2. The van der Waals surface area contributed by atoms with Gasteiger partial charge < -0.3 is 10.6 Å². The molecule has 4 aromatic rings. The summed E-state index contributed by atoms with van der Waals surface area (Å²) in [6, 6.07) is 10.6. The van der Waals surface area contributed by atoms with E-state index in [4.69, 9.17) is 5.11 Å². The molecule has 17 heteroatoms. The first-order valence-electron chi connectivity index (χ1n) is 11.0. The van der Waals surface area contributed by atoms with E-state index in [0.29, 0.717) is 16.2 Å². The third kappa shape index (κ3) is 11.2. The summed E-state index contributed by atoms with van der Waals surface area (Å²) in [5, 5.41) is 9.58. The molecule has 2 atom stereocenters. The van der Waals surface area contributed by atoms with E-state index in [9.17, 15) is 26.4 Å². The number of anilines is 2. The second-order valence-corrected chi connectivity index (χ2v) is 14.2. The summed E-state index contributed by atoms with van der Waals surface area (Å²) < 4.78 is 50.8. The second-order valence-electron chi connectivity index (χ2n) is 8.63. The van der Waals surface area contributed by atoms with Crippen molar-refractivity contribution < 1.29 is 66.6 Å². The molecule has 0 aliphatic rings. The zero-order valence-corrected chi connectivity index (χ0v) is 27.8. The van der Waals surface area contributed by atoms with Gasteiger partial charge >= 0.3 is 35.5 Å². The van der Waals surface area contributed by atoms with Gasteiger partial charge in [0, 0.05) is 5.92 Å². The fourth-order valence-electron chi connectivity index (χ4n) is 3.20. The molecule has 0 fully saturated rings. The first-order chi connectivity index (χ1) is 17.5. The normalized spacial score (nSPS) is 12.4. The van der Waals surface area contributed by atoms with Gasteiger partial charge in [0.15, 0.2) is 10.3 Å². The van der Waals surface area contributed by atoms with Gasteiger partial charge in [0.1, 0.15) is 5.78 Å². The maximum atomic E-state index is 11.4. The molecule has 4 N–H and O–H groups in total. The van der Waals surface area contributed by atoms with Crippen LogP contribution in [0.1, 0.15) is 51.2 Å². The van der Waals surface area contributed by atoms with E-state index in [-0.39, 0.29) is 59.3 Å². The van der Waals surface area contributed by atoms with Gasteiger partial charge in [-0.1, -0.05) is 49.2 Å². The van der Waals surface area contributed by atoms with E-state index in [2.05, 4.69) is 19.4 Å². The number of hydrogen-bond acceptors (Lipinski definition) is 11. The van der Waals surface area contributed by atoms with E-state index in [1.54, 1.807) is 38.1 Å². The SMILES string of the molecule is C.CC(=O)C(C)c1ccc2nc(NS(C)(=O)=O)sc2c1.CC(C(=O)O)c1ccc2nc(NS(C)(=O)=O)sc2c1.[Na+].[OH-]. The van der Waals surface area contributed by atoms with Crippen LogP contribution in [0, 0.1) is 0 Å². The van der Waals surface area contributed by atoms with Crippen LogP contribution in [0.2, 0.25) is 0 Å². The van der Waals surface area contributed by atoms with Crippen molar-refractivity contribution in [2.24, 2.45) is 0 Å². The van der Waals surface area contributed by atoms with Gasteiger partial charge in [0.25, 0.3) is 0 Å². The Morgan fingerprint density at radius 2 is 1.17 bits per heavy atom. The summed E-state index contributed by atoms with van der Waals surface area (Å²) >= 11 is 2.43. The maximum absolute atomic E-state index is 11.4. The Kier molecular flexibility index (Phi) is 14.5. The number of nitrogens with zero attached hydrogens (tertiary/aromatic N) is 2. The molecule has 2 unspecified atom stereocenters. The molecule has 0 amide bonds. The molecule has 12 nitrogen and oxygen atoms in total. The Hall–Kier alpha value is -2.18. The number of fused-ring (bicyclic) bond motifs is 2. The number of thiazole rings is 2. The summed E-state index contributed by atoms with van der Waals surface area (Å²) in [5.41, 5.74) is 2.93. The molecule has 0 radical (unpaired) electrons. The molecule has 41 heavy (non-hydrogen) atoms. The number of carbonyl (C=O) groups excluding carboxylic acids is 1. The molecule has 0 spiro atoms. The van der Waals surface area contributed by atoms with Crippen molar-refractivity contribution in [3.63, 3.8) is 0 Å². The average molecular weight is 655 g/mol. The third-order valence-electron chi connectivity index (χ3n) is 5.35. The van der Waals surface area contributed by atoms with Gasteiger partial charge in [-0.3, -0.25) is 19.0 Å². The molecule has 4 rings (SSSR count). The van der Waals surface area contributed by atoms with E-state index in [1.807, 2.05) is 19.1 Å². The van der Waals surface area contributed by atoms with Crippen molar-refractivity contribution in [2.45, 2.75) is 40.0 Å². The van der Waals surface area contributed by atoms with E-state index in [1.165, 1.54) is 22.7 Å². The van der Waals surface area contributed by atoms with Crippen molar-refractivity contribution in [3.05, 3.63) is 47.5 Å². The maximum Gasteiger partial charge on any atom is 1.00 e. The molecular weight excluding hydrogens is 624 g/mol. The number of rotatable bonds is 8. The van der Waals surface area contributed by atoms with Crippen molar-refractivity contribution >= 4 is 85.2 Å². The number of carbonyl (C=O) groups is 2. The van der Waals surface area contributed by atoms with E-state index >= 15 is 0 Å². The molecule has 0 saturated carbocycles. The van der Waals surface area contributed by atoms with Crippen LogP contribution in [0.5, 0.6) is 0 Å². The van der Waals surface area contributed by atoms with Crippen molar-refractivity contribution in [1.29, 1.82) is 0 Å². The minimum absolute atomic E-state index is 0. The van der Waals surface area contributed by atoms with Crippen LogP contribution in [0.4, 0.5) is 10.3 Å². The molecule has 2 aromatic heterocycles. The van der Waals surface area contributed by atoms with Gasteiger partial charge in [-0.2, -0.15) is 0 Å². The van der Waals surface area contributed by atoms with Gasteiger partial charge in [-0.25, -0.2) is 26.8 Å². The molecule has 0 saturated heterocycles. The molecule has 0 aliphatic heterocycles. The van der Waals surface area contributed by atoms with Crippen LogP contribution >= 0.6 is 22.7 Å². The Morgan fingerprint density at radius 1 is 0.805 bits per heavy atom. The standard InChI is InChI=1S/C12H14N2O3S2.C11H12N2O4S2.CH4.Na.H2O/c1-7(8(2)15)9-4-5-10-11(6-9)18-12(13-10)14-19(3,16)17;1-6(10(14)15)7-3-4-8-9(5-7)18-11(12-8)13-19(2,16)17;;;/h4-7H,1-3H3,(H,13,14);3-6H,1-2H3,(H,12,13)(H,14,15);1H4;;1H2/q;;;+1;/p-1. The number of sulfonamides is 2. The van der Waals surface area contributed by atoms with Crippen molar-refractivity contribution in [3.8, 4) is 0 Å². The first kappa shape index (κ1) is 38.8. The number of Topliss-reactive ketones (excluding diaryl/α,β-unsaturated/α-hetero) is 1. The van der Waals surface area contributed by atoms with Gasteiger partial charge in [-0.15, -0.1) is 0 Å². The molecule has 2 aromatic carbocycles. The minimum atomic E-state index is -3.36. The summed E-state index contributed by atoms with van der Waals surface area (Å²) in [7, 11) is -6.68. The molecular formula is C24H31N4NaO8S4. The fraction of sp³-hybridized carbons (Fsp3) is 0.333. The smallest absolute Gasteiger partial charge is 0.870 e. The predicted molar refractivity (Wildman–Crippen MR) is 160 cm³/mol. The Balaban J connectivity index is 0.000000727. The monoisotopic (exact) mass is 654 g/mol. The van der Waals surface area contributed by atoms with E-state index in [0.717, 1.165) is 33.0 Å². The Labute approximate surface area is 269 Å². The van der Waals surface area contributed by atoms with E-state index < -0.39 is 31.9 Å². The van der Waals surface area contributed by atoms with Crippen LogP contribution in [-0.2, 0) is 29.6 Å². The summed E-state index contributed by atoms with van der Waals surface area (Å²) in [6.07, 6.45) is 2.14. The van der Waals surface area contributed by atoms with Gasteiger partial charge in [0.2, 0.25) is 20.0 Å². The van der Waals surface area contributed by atoms with Crippen LogP contribution < -0.4 is 39.0 Å². The number of carboxylic acids is 1. The minimum Gasteiger partial charge on any atom is -0.870 e. The summed E-state index contributed by atoms with van der Waals surface area (Å²) in [5.74, 6) is -1.59. The number of ketones is 1. The largest absolute Gasteiger partial charge is 1.00 e. The number of carboxylic acid groups (broad SMARTS) is 1.